The second-order valence-corrected chi connectivity index (χ2v) is 5.99. The molecule has 1 heterocycles. The Balaban J connectivity index is 2.71. The van der Waals surface area contributed by atoms with Crippen molar-refractivity contribution in [3.63, 3.8) is 0 Å². The van der Waals surface area contributed by atoms with Gasteiger partial charge in [0.1, 0.15) is 4.90 Å². The lowest BCUT2D eigenvalue weighted by atomic mass is 10.2. The first-order valence-electron chi connectivity index (χ1n) is 5.00. The van der Waals surface area contributed by atoms with Crippen molar-refractivity contribution < 1.29 is 8.42 Å². The Morgan fingerprint density at radius 2 is 1.94 bits per heavy atom. The number of hydrogen-bond donors (Lipinski definition) is 1. The normalized spacial score (nSPS) is 20.2. The maximum absolute atomic E-state index is 12.2. The summed E-state index contributed by atoms with van der Waals surface area (Å²) in [4.78, 5) is 2.21. The van der Waals surface area contributed by atoms with Gasteiger partial charge in [0, 0.05) is 32.9 Å². The number of nitrogen functional groups attached to an aromatic ring is 1. The van der Waals surface area contributed by atoms with E-state index in [1.807, 2.05) is 11.9 Å². The fourth-order valence-electron chi connectivity index (χ4n) is 1.75. The molecule has 0 aliphatic carbocycles. The van der Waals surface area contributed by atoms with Crippen molar-refractivity contribution >= 4 is 21.4 Å². The second kappa shape index (κ2) is 3.64. The zero-order valence-corrected chi connectivity index (χ0v) is 10.2. The van der Waals surface area contributed by atoms with Gasteiger partial charge in [-0.2, -0.15) is 4.31 Å². The summed E-state index contributed by atoms with van der Waals surface area (Å²) in [5, 5.41) is 0. The minimum atomic E-state index is -3.40. The quantitative estimate of drug-likeness (QED) is 0.665. The summed E-state index contributed by atoms with van der Waals surface area (Å²) in [5.41, 5.74) is 6.81. The number of rotatable bonds is 0. The summed E-state index contributed by atoms with van der Waals surface area (Å²) in [5.74, 6) is 0. The highest BCUT2D eigenvalue weighted by molar-refractivity contribution is 7.89. The van der Waals surface area contributed by atoms with Crippen molar-refractivity contribution in [2.45, 2.75) is 4.90 Å². The number of hydrogen-bond acceptors (Lipinski definition) is 4. The van der Waals surface area contributed by atoms with E-state index in [1.54, 1.807) is 19.2 Å². The Morgan fingerprint density at radius 1 is 1.25 bits per heavy atom. The molecule has 0 bridgehead atoms. The van der Waals surface area contributed by atoms with Crippen LogP contribution in [0, 0.1) is 0 Å². The molecule has 2 rings (SSSR count). The zero-order chi connectivity index (χ0) is 11.9. The summed E-state index contributed by atoms with van der Waals surface area (Å²) in [6, 6.07) is 4.99. The molecule has 6 heteroatoms. The average Bonchev–Trinajstić information content (AvgIpc) is 2.31. The summed E-state index contributed by atoms with van der Waals surface area (Å²) in [6.45, 7) is 1.15. The molecule has 5 nitrogen and oxygen atoms in total. The van der Waals surface area contributed by atoms with Crippen LogP contribution < -0.4 is 10.6 Å². The third kappa shape index (κ3) is 1.64. The van der Waals surface area contributed by atoms with Gasteiger partial charge in [0.2, 0.25) is 10.0 Å². The second-order valence-electron chi connectivity index (χ2n) is 3.98. The smallest absolute Gasteiger partial charge is 0.245 e. The van der Waals surface area contributed by atoms with Gasteiger partial charge in [0.05, 0.1) is 5.69 Å². The molecule has 0 amide bonds. The predicted molar refractivity (Wildman–Crippen MR) is 63.9 cm³/mol. The first-order valence-corrected chi connectivity index (χ1v) is 6.44. The number of benzene rings is 1. The average molecular weight is 241 g/mol. The van der Waals surface area contributed by atoms with Gasteiger partial charge < -0.3 is 10.6 Å². The molecule has 2 N–H and O–H groups in total. The minimum absolute atomic E-state index is 0.287. The molecule has 1 aliphatic heterocycles. The summed E-state index contributed by atoms with van der Waals surface area (Å²) in [6.07, 6.45) is 0. The first-order chi connectivity index (χ1) is 7.43. The molecule has 16 heavy (non-hydrogen) atoms. The number of nitrogens with two attached hydrogens (primary N) is 1. The maximum Gasteiger partial charge on any atom is 0.245 e. The first kappa shape index (κ1) is 11.2. The van der Waals surface area contributed by atoms with Crippen molar-refractivity contribution in [1.82, 2.24) is 4.31 Å². The lowest BCUT2D eigenvalue weighted by Gasteiger charge is -2.17. The van der Waals surface area contributed by atoms with Crippen molar-refractivity contribution in [1.29, 1.82) is 0 Å². The molecular weight excluding hydrogens is 226 g/mol. The Labute approximate surface area is 95.5 Å². The zero-order valence-electron chi connectivity index (χ0n) is 9.34. The molecule has 0 radical (unpaired) electrons. The molecule has 0 unspecified atom stereocenters. The molecular formula is C10H15N3O2S. The highest BCUT2D eigenvalue weighted by Gasteiger charge is 2.28. The third-order valence-corrected chi connectivity index (χ3v) is 4.72. The van der Waals surface area contributed by atoms with Crippen LogP contribution >= 0.6 is 0 Å². The van der Waals surface area contributed by atoms with Crippen molar-refractivity contribution in [3.05, 3.63) is 18.2 Å². The molecule has 0 fully saturated rings. The van der Waals surface area contributed by atoms with E-state index < -0.39 is 10.0 Å². The Hall–Kier alpha value is -1.27. The lowest BCUT2D eigenvalue weighted by Crippen LogP contribution is -2.30. The molecule has 1 aromatic carbocycles. The number of nitrogens with zero attached hydrogens (tertiary/aromatic N) is 2. The lowest BCUT2D eigenvalue weighted by molar-refractivity contribution is 0.481. The SMILES string of the molecule is CN1CCN(C)S(=O)(=O)c2cc(N)ccc21. The van der Waals surface area contributed by atoms with Crippen molar-refractivity contribution in [2.75, 3.05) is 37.8 Å². The summed E-state index contributed by atoms with van der Waals surface area (Å²) >= 11 is 0. The van der Waals surface area contributed by atoms with Crippen LogP contribution in [0.4, 0.5) is 11.4 Å². The highest BCUT2D eigenvalue weighted by Crippen LogP contribution is 2.30. The largest absolute Gasteiger partial charge is 0.399 e. The predicted octanol–water partition coefficient (Wildman–Crippen LogP) is 0.339. The minimum Gasteiger partial charge on any atom is -0.399 e. The Bertz CT molecular complexity index is 513. The third-order valence-electron chi connectivity index (χ3n) is 2.83. The molecule has 0 aromatic heterocycles. The van der Waals surface area contributed by atoms with Crippen LogP contribution in [0.25, 0.3) is 0 Å². The fraction of sp³-hybridized carbons (Fsp3) is 0.400. The van der Waals surface area contributed by atoms with Crippen LogP contribution in [0.3, 0.4) is 0 Å². The monoisotopic (exact) mass is 241 g/mol. The van der Waals surface area contributed by atoms with E-state index in [4.69, 9.17) is 5.73 Å². The number of fused-ring (bicyclic) bond motifs is 1. The van der Waals surface area contributed by atoms with E-state index in [9.17, 15) is 8.42 Å². The number of anilines is 2. The van der Waals surface area contributed by atoms with E-state index in [0.29, 0.717) is 24.5 Å². The highest BCUT2D eigenvalue weighted by atomic mass is 32.2. The molecule has 0 saturated carbocycles. The van der Waals surface area contributed by atoms with Crippen LogP contribution in [0.15, 0.2) is 23.1 Å². The molecule has 0 spiro atoms. The Morgan fingerprint density at radius 3 is 2.62 bits per heavy atom. The van der Waals surface area contributed by atoms with Crippen LogP contribution in [0.2, 0.25) is 0 Å². The standard InChI is InChI=1S/C10H15N3O2S/c1-12-5-6-13(2)16(14,15)10-7-8(11)3-4-9(10)12/h3-4,7H,5-6,11H2,1-2H3. The van der Waals surface area contributed by atoms with Crippen LogP contribution in [0.5, 0.6) is 0 Å². The van der Waals surface area contributed by atoms with Gasteiger partial charge in [0.15, 0.2) is 0 Å². The number of likely N-dealkylation sites (N-methyl/N-ethyl adjacent to an activating group) is 2. The van der Waals surface area contributed by atoms with Gasteiger partial charge in [-0.25, -0.2) is 8.42 Å². The fourth-order valence-corrected chi connectivity index (χ4v) is 3.18. The van der Waals surface area contributed by atoms with Gasteiger partial charge >= 0.3 is 0 Å². The van der Waals surface area contributed by atoms with E-state index >= 15 is 0 Å². The number of sulfonamides is 1. The van der Waals surface area contributed by atoms with Gasteiger partial charge in [-0.1, -0.05) is 0 Å². The van der Waals surface area contributed by atoms with E-state index in [-0.39, 0.29) is 4.90 Å². The van der Waals surface area contributed by atoms with E-state index in [1.165, 1.54) is 10.4 Å². The molecule has 0 saturated heterocycles. The summed E-state index contributed by atoms with van der Waals surface area (Å²) < 4.78 is 25.7. The van der Waals surface area contributed by atoms with E-state index in [2.05, 4.69) is 0 Å². The van der Waals surface area contributed by atoms with Crippen LogP contribution in [-0.2, 0) is 10.0 Å². The maximum atomic E-state index is 12.2. The van der Waals surface area contributed by atoms with Crippen LogP contribution in [0.1, 0.15) is 0 Å². The van der Waals surface area contributed by atoms with Crippen LogP contribution in [-0.4, -0.2) is 39.9 Å². The van der Waals surface area contributed by atoms with Gasteiger partial charge in [-0.05, 0) is 18.2 Å². The topological polar surface area (TPSA) is 66.6 Å². The molecule has 88 valence electrons. The van der Waals surface area contributed by atoms with Gasteiger partial charge in [0.25, 0.3) is 0 Å². The van der Waals surface area contributed by atoms with Gasteiger partial charge in [-0.3, -0.25) is 0 Å². The molecule has 1 aromatic rings. The Kier molecular flexibility index (Phi) is 2.55. The van der Waals surface area contributed by atoms with Crippen molar-refractivity contribution in [2.24, 2.45) is 0 Å². The van der Waals surface area contributed by atoms with Crippen molar-refractivity contribution in [3.8, 4) is 0 Å². The molecule has 1 aliphatic rings. The molecule has 0 atom stereocenters. The van der Waals surface area contributed by atoms with Gasteiger partial charge in [-0.15, -0.1) is 0 Å². The van der Waals surface area contributed by atoms with E-state index in [0.717, 1.165) is 0 Å². The summed E-state index contributed by atoms with van der Waals surface area (Å²) in [7, 11) is 0.0625.